The second-order valence-electron chi connectivity index (χ2n) is 5.95. The molecule has 1 aromatic carbocycles. The van der Waals surface area contributed by atoms with Crippen molar-refractivity contribution < 1.29 is 13.2 Å². The van der Waals surface area contributed by atoms with Crippen LogP contribution in [0.2, 0.25) is 0 Å². The SMILES string of the molecule is CS(=O)(=O)N(CC(=O)NCCC1=CCCCC1)c1ccc(I)cc1. The second-order valence-corrected chi connectivity index (χ2v) is 9.11. The summed E-state index contributed by atoms with van der Waals surface area (Å²) >= 11 is 2.15. The summed E-state index contributed by atoms with van der Waals surface area (Å²) < 4.78 is 26.2. The van der Waals surface area contributed by atoms with Crippen LogP contribution in [0.3, 0.4) is 0 Å². The zero-order valence-electron chi connectivity index (χ0n) is 13.8. The van der Waals surface area contributed by atoms with Crippen molar-refractivity contribution in [2.24, 2.45) is 0 Å². The molecule has 132 valence electrons. The number of benzene rings is 1. The van der Waals surface area contributed by atoms with Gasteiger partial charge in [0, 0.05) is 10.1 Å². The highest BCUT2D eigenvalue weighted by Crippen LogP contribution is 2.20. The van der Waals surface area contributed by atoms with E-state index in [1.807, 2.05) is 12.1 Å². The van der Waals surface area contributed by atoms with Crippen LogP contribution in [0.15, 0.2) is 35.9 Å². The molecule has 0 aliphatic heterocycles. The van der Waals surface area contributed by atoms with Crippen molar-refractivity contribution in [3.8, 4) is 0 Å². The third-order valence-electron chi connectivity index (χ3n) is 3.96. The molecule has 0 heterocycles. The smallest absolute Gasteiger partial charge is 0.240 e. The third-order valence-corrected chi connectivity index (χ3v) is 5.82. The molecule has 0 saturated heterocycles. The van der Waals surface area contributed by atoms with Crippen molar-refractivity contribution in [3.63, 3.8) is 0 Å². The Labute approximate surface area is 157 Å². The molecule has 0 atom stereocenters. The molecule has 24 heavy (non-hydrogen) atoms. The van der Waals surface area contributed by atoms with Crippen LogP contribution >= 0.6 is 22.6 Å². The normalized spacial score (nSPS) is 14.8. The Morgan fingerprint density at radius 2 is 1.96 bits per heavy atom. The van der Waals surface area contributed by atoms with Crippen LogP contribution in [0.5, 0.6) is 0 Å². The number of nitrogens with zero attached hydrogens (tertiary/aromatic N) is 1. The number of sulfonamides is 1. The molecule has 5 nitrogen and oxygen atoms in total. The number of hydrogen-bond donors (Lipinski definition) is 1. The Bertz CT molecular complexity index is 699. The van der Waals surface area contributed by atoms with E-state index in [9.17, 15) is 13.2 Å². The van der Waals surface area contributed by atoms with E-state index in [1.165, 1.54) is 18.4 Å². The third kappa shape index (κ3) is 6.08. The van der Waals surface area contributed by atoms with Crippen molar-refractivity contribution in [1.82, 2.24) is 5.32 Å². The van der Waals surface area contributed by atoms with Gasteiger partial charge in [0.25, 0.3) is 0 Å². The van der Waals surface area contributed by atoms with Gasteiger partial charge in [-0.3, -0.25) is 9.10 Å². The first-order valence-electron chi connectivity index (χ1n) is 8.04. The predicted octanol–water partition coefficient (Wildman–Crippen LogP) is 3.06. The van der Waals surface area contributed by atoms with Crippen molar-refractivity contribution >= 4 is 44.2 Å². The quantitative estimate of drug-likeness (QED) is 0.501. The zero-order valence-corrected chi connectivity index (χ0v) is 16.8. The number of carbonyl (C=O) groups is 1. The molecule has 1 N–H and O–H groups in total. The first-order valence-corrected chi connectivity index (χ1v) is 11.0. The number of halogens is 1. The highest BCUT2D eigenvalue weighted by atomic mass is 127. The van der Waals surface area contributed by atoms with E-state index in [2.05, 4.69) is 34.0 Å². The van der Waals surface area contributed by atoms with E-state index in [4.69, 9.17) is 0 Å². The van der Waals surface area contributed by atoms with Crippen LogP contribution in [-0.2, 0) is 14.8 Å². The minimum absolute atomic E-state index is 0.196. The number of nitrogens with one attached hydrogen (secondary N) is 1. The summed E-state index contributed by atoms with van der Waals surface area (Å²) in [7, 11) is -3.51. The maximum absolute atomic E-state index is 12.1. The van der Waals surface area contributed by atoms with Gasteiger partial charge in [-0.15, -0.1) is 0 Å². The van der Waals surface area contributed by atoms with E-state index in [1.54, 1.807) is 12.1 Å². The van der Waals surface area contributed by atoms with Gasteiger partial charge in [0.05, 0.1) is 11.9 Å². The maximum atomic E-state index is 12.1. The molecule has 0 fully saturated rings. The van der Waals surface area contributed by atoms with E-state index in [0.717, 1.165) is 33.4 Å². The van der Waals surface area contributed by atoms with Crippen molar-refractivity contribution in [3.05, 3.63) is 39.5 Å². The first-order chi connectivity index (χ1) is 11.4. The van der Waals surface area contributed by atoms with Crippen LogP contribution in [0.4, 0.5) is 5.69 Å². The Morgan fingerprint density at radius 1 is 1.25 bits per heavy atom. The Balaban J connectivity index is 1.92. The fourth-order valence-electron chi connectivity index (χ4n) is 2.69. The first kappa shape index (κ1) is 19.2. The number of hydrogen-bond acceptors (Lipinski definition) is 3. The lowest BCUT2D eigenvalue weighted by atomic mass is 9.97. The summed E-state index contributed by atoms with van der Waals surface area (Å²) in [4.78, 5) is 12.1. The van der Waals surface area contributed by atoms with Gasteiger partial charge in [-0.1, -0.05) is 11.6 Å². The maximum Gasteiger partial charge on any atom is 0.240 e. The highest BCUT2D eigenvalue weighted by Gasteiger charge is 2.20. The van der Waals surface area contributed by atoms with Gasteiger partial charge < -0.3 is 5.32 Å². The minimum Gasteiger partial charge on any atom is -0.354 e. The van der Waals surface area contributed by atoms with Crippen LogP contribution in [-0.4, -0.2) is 33.7 Å². The topological polar surface area (TPSA) is 66.5 Å². The van der Waals surface area contributed by atoms with Gasteiger partial charge in [-0.2, -0.15) is 0 Å². The van der Waals surface area contributed by atoms with E-state index >= 15 is 0 Å². The number of anilines is 1. The van der Waals surface area contributed by atoms with Crippen molar-refractivity contribution in [1.29, 1.82) is 0 Å². The monoisotopic (exact) mass is 462 g/mol. The molecule has 2 rings (SSSR count). The molecule has 1 amide bonds. The molecular formula is C17H23IN2O3S. The van der Waals surface area contributed by atoms with Gasteiger partial charge in [-0.05, 0) is 79.0 Å². The summed E-state index contributed by atoms with van der Waals surface area (Å²) in [5, 5.41) is 2.83. The Kier molecular flexibility index (Phi) is 7.09. The largest absolute Gasteiger partial charge is 0.354 e. The van der Waals surface area contributed by atoms with Crippen LogP contribution in [0.25, 0.3) is 0 Å². The Morgan fingerprint density at radius 3 is 2.54 bits per heavy atom. The molecule has 7 heteroatoms. The molecule has 1 aliphatic carbocycles. The van der Waals surface area contributed by atoms with Gasteiger partial charge in [0.1, 0.15) is 6.54 Å². The summed E-state index contributed by atoms with van der Waals surface area (Å²) in [5.41, 5.74) is 1.89. The van der Waals surface area contributed by atoms with E-state index in [0.29, 0.717) is 12.2 Å². The van der Waals surface area contributed by atoms with Crippen LogP contribution in [0, 0.1) is 3.57 Å². The lowest BCUT2D eigenvalue weighted by Gasteiger charge is -2.22. The molecule has 1 aliphatic rings. The number of rotatable bonds is 7. The summed E-state index contributed by atoms with van der Waals surface area (Å²) in [5.74, 6) is -0.282. The number of amides is 1. The fraction of sp³-hybridized carbons (Fsp3) is 0.471. The van der Waals surface area contributed by atoms with Gasteiger partial charge >= 0.3 is 0 Å². The van der Waals surface area contributed by atoms with Gasteiger partial charge in [0.15, 0.2) is 0 Å². The Hall–Kier alpha value is -1.09. The summed E-state index contributed by atoms with van der Waals surface area (Å²) in [6, 6.07) is 7.06. The average Bonchev–Trinajstić information content (AvgIpc) is 2.54. The van der Waals surface area contributed by atoms with Crippen LogP contribution < -0.4 is 9.62 Å². The molecule has 0 bridgehead atoms. The second kappa shape index (κ2) is 8.84. The van der Waals surface area contributed by atoms with Crippen molar-refractivity contribution in [2.75, 3.05) is 23.7 Å². The minimum atomic E-state index is -3.51. The molecule has 1 aromatic rings. The van der Waals surface area contributed by atoms with E-state index < -0.39 is 10.0 Å². The van der Waals surface area contributed by atoms with Gasteiger partial charge in [-0.25, -0.2) is 8.42 Å². The summed E-state index contributed by atoms with van der Waals surface area (Å²) in [6.07, 6.45) is 8.90. The molecule has 0 spiro atoms. The van der Waals surface area contributed by atoms with E-state index in [-0.39, 0.29) is 12.5 Å². The molecule has 0 radical (unpaired) electrons. The molecule has 0 saturated carbocycles. The standard InChI is InChI=1S/C17H23IN2O3S/c1-24(22,23)20(16-9-7-15(18)8-10-16)13-17(21)19-12-11-14-5-3-2-4-6-14/h5,7-10H,2-4,6,11-13H2,1H3,(H,19,21). The molecule has 0 aromatic heterocycles. The van der Waals surface area contributed by atoms with Gasteiger partial charge in [0.2, 0.25) is 15.9 Å². The lowest BCUT2D eigenvalue weighted by Crippen LogP contribution is -2.40. The highest BCUT2D eigenvalue weighted by molar-refractivity contribution is 14.1. The van der Waals surface area contributed by atoms with Crippen LogP contribution in [0.1, 0.15) is 32.1 Å². The predicted molar refractivity (Wildman–Crippen MR) is 106 cm³/mol. The zero-order chi connectivity index (χ0) is 17.6. The molecule has 0 unspecified atom stereocenters. The number of allylic oxidation sites excluding steroid dienone is 1. The average molecular weight is 462 g/mol. The van der Waals surface area contributed by atoms with Crippen molar-refractivity contribution in [2.45, 2.75) is 32.1 Å². The number of carbonyl (C=O) groups excluding carboxylic acids is 1. The molecular weight excluding hydrogens is 439 g/mol. The lowest BCUT2D eigenvalue weighted by molar-refractivity contribution is -0.119. The fourth-order valence-corrected chi connectivity index (χ4v) is 3.90. The summed E-state index contributed by atoms with van der Waals surface area (Å²) in [6.45, 7) is 0.355.